The van der Waals surface area contributed by atoms with Crippen molar-refractivity contribution in [2.24, 2.45) is 5.92 Å². The average molecular weight is 388 g/mol. The standard InChI is InChI=1S/C20H22BrNO2/c21-18-7-5-17(6-8-18)20(24)22-13-11-16(12-14-22)2-1-15-3-9-19(23)10-4-15/h3-10,16,23H,1-2,11-14H2. The molecule has 0 radical (unpaired) electrons. The van der Waals surface area contributed by atoms with E-state index in [1.807, 2.05) is 41.3 Å². The number of amides is 1. The quantitative estimate of drug-likeness (QED) is 0.829. The lowest BCUT2D eigenvalue weighted by atomic mass is 9.90. The Labute approximate surface area is 151 Å². The average Bonchev–Trinajstić information content (AvgIpc) is 2.62. The van der Waals surface area contributed by atoms with Gasteiger partial charge in [-0.2, -0.15) is 0 Å². The van der Waals surface area contributed by atoms with Crippen LogP contribution >= 0.6 is 15.9 Å². The third-order valence-corrected chi connectivity index (χ3v) is 5.30. The molecule has 0 aliphatic carbocycles. The van der Waals surface area contributed by atoms with Crippen LogP contribution in [-0.2, 0) is 6.42 Å². The fraction of sp³-hybridized carbons (Fsp3) is 0.350. The van der Waals surface area contributed by atoms with Crippen molar-refractivity contribution in [2.45, 2.75) is 25.7 Å². The van der Waals surface area contributed by atoms with Gasteiger partial charge in [-0.25, -0.2) is 0 Å². The lowest BCUT2D eigenvalue weighted by molar-refractivity contribution is 0.0687. The Morgan fingerprint density at radius 2 is 1.67 bits per heavy atom. The molecule has 1 aliphatic heterocycles. The van der Waals surface area contributed by atoms with E-state index in [0.29, 0.717) is 11.7 Å². The van der Waals surface area contributed by atoms with Gasteiger partial charge in [0.05, 0.1) is 0 Å². The first-order chi connectivity index (χ1) is 11.6. The second-order valence-electron chi connectivity index (χ2n) is 6.45. The van der Waals surface area contributed by atoms with Crippen LogP contribution in [0.15, 0.2) is 53.0 Å². The van der Waals surface area contributed by atoms with Crippen LogP contribution in [0.3, 0.4) is 0 Å². The van der Waals surface area contributed by atoms with E-state index < -0.39 is 0 Å². The number of aryl methyl sites for hydroxylation is 1. The van der Waals surface area contributed by atoms with Gasteiger partial charge in [-0.3, -0.25) is 4.79 Å². The minimum absolute atomic E-state index is 0.138. The summed E-state index contributed by atoms with van der Waals surface area (Å²) in [4.78, 5) is 14.5. The molecule has 0 atom stereocenters. The molecule has 3 rings (SSSR count). The number of nitrogens with zero attached hydrogens (tertiary/aromatic N) is 1. The molecule has 126 valence electrons. The van der Waals surface area contributed by atoms with Crippen LogP contribution < -0.4 is 0 Å². The molecule has 0 saturated carbocycles. The topological polar surface area (TPSA) is 40.5 Å². The van der Waals surface area contributed by atoms with Crippen LogP contribution in [0.25, 0.3) is 0 Å². The van der Waals surface area contributed by atoms with Gasteiger partial charge in [0.15, 0.2) is 0 Å². The monoisotopic (exact) mass is 387 g/mol. The van der Waals surface area contributed by atoms with Crippen molar-refractivity contribution in [2.75, 3.05) is 13.1 Å². The summed E-state index contributed by atoms with van der Waals surface area (Å²) in [5.41, 5.74) is 2.03. The summed E-state index contributed by atoms with van der Waals surface area (Å²) in [6, 6.07) is 15.1. The van der Waals surface area contributed by atoms with E-state index in [1.165, 1.54) is 5.56 Å². The first kappa shape index (κ1) is 17.0. The fourth-order valence-corrected chi connectivity index (χ4v) is 3.50. The molecule has 3 nitrogen and oxygen atoms in total. The summed E-state index contributed by atoms with van der Waals surface area (Å²) in [7, 11) is 0. The third-order valence-electron chi connectivity index (χ3n) is 4.77. The molecule has 24 heavy (non-hydrogen) atoms. The maximum atomic E-state index is 12.5. The highest BCUT2D eigenvalue weighted by molar-refractivity contribution is 9.10. The predicted octanol–water partition coefficient (Wildman–Crippen LogP) is 4.64. The molecule has 1 N–H and O–H groups in total. The number of phenolic OH excluding ortho intramolecular Hbond substituents is 1. The maximum absolute atomic E-state index is 12.5. The Hall–Kier alpha value is -1.81. The molecule has 2 aromatic carbocycles. The smallest absolute Gasteiger partial charge is 0.253 e. The van der Waals surface area contributed by atoms with Crippen LogP contribution in [0.1, 0.15) is 35.2 Å². The van der Waals surface area contributed by atoms with Gasteiger partial charge >= 0.3 is 0 Å². The molecule has 1 heterocycles. The van der Waals surface area contributed by atoms with E-state index in [0.717, 1.165) is 48.8 Å². The van der Waals surface area contributed by atoms with Crippen LogP contribution in [0, 0.1) is 5.92 Å². The van der Waals surface area contributed by atoms with E-state index >= 15 is 0 Å². The minimum atomic E-state index is 0.138. The number of hydrogen-bond donors (Lipinski definition) is 1. The Morgan fingerprint density at radius 1 is 1.04 bits per heavy atom. The van der Waals surface area contributed by atoms with Crippen LogP contribution in [-0.4, -0.2) is 29.0 Å². The number of halogens is 1. The number of piperidine rings is 1. The molecule has 1 aliphatic rings. The van der Waals surface area contributed by atoms with Gasteiger partial charge in [-0.1, -0.05) is 28.1 Å². The number of carbonyl (C=O) groups excluding carboxylic acids is 1. The number of likely N-dealkylation sites (tertiary alicyclic amines) is 1. The molecule has 1 amide bonds. The number of benzene rings is 2. The Bertz CT molecular complexity index is 674. The zero-order chi connectivity index (χ0) is 16.9. The zero-order valence-corrected chi connectivity index (χ0v) is 15.2. The van der Waals surface area contributed by atoms with Crippen molar-refractivity contribution in [3.8, 4) is 5.75 Å². The van der Waals surface area contributed by atoms with E-state index in [-0.39, 0.29) is 5.91 Å². The van der Waals surface area contributed by atoms with E-state index in [2.05, 4.69) is 15.9 Å². The zero-order valence-electron chi connectivity index (χ0n) is 13.6. The molecule has 0 bridgehead atoms. The highest BCUT2D eigenvalue weighted by Crippen LogP contribution is 2.24. The molecule has 1 fully saturated rings. The number of rotatable bonds is 4. The highest BCUT2D eigenvalue weighted by Gasteiger charge is 2.23. The van der Waals surface area contributed by atoms with E-state index in [9.17, 15) is 9.90 Å². The summed E-state index contributed by atoms with van der Waals surface area (Å²) in [5, 5.41) is 9.32. The molecule has 4 heteroatoms. The Kier molecular flexibility index (Phi) is 5.56. The first-order valence-corrected chi connectivity index (χ1v) is 9.24. The molecule has 0 aromatic heterocycles. The summed E-state index contributed by atoms with van der Waals surface area (Å²) >= 11 is 3.40. The molecule has 0 unspecified atom stereocenters. The number of aromatic hydroxyl groups is 1. The largest absolute Gasteiger partial charge is 0.508 e. The lowest BCUT2D eigenvalue weighted by Crippen LogP contribution is -2.38. The molecule has 2 aromatic rings. The summed E-state index contributed by atoms with van der Waals surface area (Å²) in [5.74, 6) is 1.13. The number of phenols is 1. The van der Waals surface area contributed by atoms with Gasteiger partial charge in [0.1, 0.15) is 5.75 Å². The summed E-state index contributed by atoms with van der Waals surface area (Å²) < 4.78 is 0.993. The van der Waals surface area contributed by atoms with Gasteiger partial charge in [-0.05, 0) is 73.6 Å². The molecular weight excluding hydrogens is 366 g/mol. The molecule has 1 saturated heterocycles. The molecular formula is C20H22BrNO2. The highest BCUT2D eigenvalue weighted by atomic mass is 79.9. The number of carbonyl (C=O) groups is 1. The van der Waals surface area contributed by atoms with Crippen molar-refractivity contribution in [3.05, 3.63) is 64.1 Å². The van der Waals surface area contributed by atoms with Gasteiger partial charge in [0.25, 0.3) is 5.91 Å². The summed E-state index contributed by atoms with van der Waals surface area (Å²) in [6.45, 7) is 1.68. The van der Waals surface area contributed by atoms with E-state index in [4.69, 9.17) is 0 Å². The molecule has 0 spiro atoms. The minimum Gasteiger partial charge on any atom is -0.508 e. The predicted molar refractivity (Wildman–Crippen MR) is 99.2 cm³/mol. The van der Waals surface area contributed by atoms with Crippen molar-refractivity contribution in [1.29, 1.82) is 0 Å². The lowest BCUT2D eigenvalue weighted by Gasteiger charge is -2.32. The first-order valence-electron chi connectivity index (χ1n) is 8.44. The van der Waals surface area contributed by atoms with Crippen molar-refractivity contribution in [3.63, 3.8) is 0 Å². The van der Waals surface area contributed by atoms with Crippen LogP contribution in [0.5, 0.6) is 5.75 Å². The van der Waals surface area contributed by atoms with Gasteiger partial charge in [0, 0.05) is 23.1 Å². The maximum Gasteiger partial charge on any atom is 0.253 e. The normalized spacial score (nSPS) is 15.5. The SMILES string of the molecule is O=C(c1ccc(Br)cc1)N1CCC(CCc2ccc(O)cc2)CC1. The van der Waals surface area contributed by atoms with Crippen molar-refractivity contribution in [1.82, 2.24) is 4.90 Å². The second-order valence-corrected chi connectivity index (χ2v) is 7.36. The van der Waals surface area contributed by atoms with Gasteiger partial charge < -0.3 is 10.0 Å². The summed E-state index contributed by atoms with van der Waals surface area (Å²) in [6.07, 6.45) is 4.32. The van der Waals surface area contributed by atoms with Crippen LogP contribution in [0.2, 0.25) is 0 Å². The van der Waals surface area contributed by atoms with Crippen LogP contribution in [0.4, 0.5) is 0 Å². The number of hydrogen-bond acceptors (Lipinski definition) is 2. The van der Waals surface area contributed by atoms with Crippen molar-refractivity contribution >= 4 is 21.8 Å². The van der Waals surface area contributed by atoms with Gasteiger partial charge in [-0.15, -0.1) is 0 Å². The fourth-order valence-electron chi connectivity index (χ4n) is 3.23. The Balaban J connectivity index is 1.47. The van der Waals surface area contributed by atoms with Crippen molar-refractivity contribution < 1.29 is 9.90 Å². The second kappa shape index (κ2) is 7.84. The van der Waals surface area contributed by atoms with E-state index in [1.54, 1.807) is 12.1 Å². The van der Waals surface area contributed by atoms with Gasteiger partial charge in [0.2, 0.25) is 0 Å². The third kappa shape index (κ3) is 4.38. The Morgan fingerprint density at radius 3 is 2.29 bits per heavy atom.